The number of hydrogen-bond donors (Lipinski definition) is 0. The van der Waals surface area contributed by atoms with E-state index in [0.717, 1.165) is 17.1 Å². The van der Waals surface area contributed by atoms with Crippen molar-refractivity contribution in [2.45, 2.75) is 39.5 Å². The van der Waals surface area contributed by atoms with E-state index >= 15 is 0 Å². The Balaban J connectivity index is 2.09. The summed E-state index contributed by atoms with van der Waals surface area (Å²) in [6.07, 6.45) is 0. The fourth-order valence-electron chi connectivity index (χ4n) is 3.18. The molecule has 0 aromatic heterocycles. The Kier molecular flexibility index (Phi) is 5.62. The minimum atomic E-state index is 0.500. The molecule has 0 amide bonds. The molecule has 2 heteroatoms. The molecule has 3 aromatic carbocycles. The lowest BCUT2D eigenvalue weighted by molar-refractivity contribution is 0.866. The summed E-state index contributed by atoms with van der Waals surface area (Å²) in [5.74, 6) is 1.000. The second kappa shape index (κ2) is 8.10. The smallest absolute Gasteiger partial charge is 0.0992 e. The molecule has 0 aliphatic heterocycles. The van der Waals surface area contributed by atoms with Crippen molar-refractivity contribution in [1.29, 1.82) is 5.26 Å². The molecule has 3 rings (SSSR count). The summed E-state index contributed by atoms with van der Waals surface area (Å²) in [6, 6.07) is 27.4. The van der Waals surface area contributed by atoms with Gasteiger partial charge in [-0.05, 0) is 65.4 Å². The molecule has 0 radical (unpaired) electrons. The van der Waals surface area contributed by atoms with Crippen LogP contribution < -0.4 is 4.90 Å². The molecular weight excluding hydrogens is 328 g/mol. The van der Waals surface area contributed by atoms with Crippen molar-refractivity contribution < 1.29 is 0 Å². The molecular formula is C25H26N2. The molecule has 0 fully saturated rings. The van der Waals surface area contributed by atoms with Gasteiger partial charge in [-0.25, -0.2) is 0 Å². The van der Waals surface area contributed by atoms with Gasteiger partial charge in [0.05, 0.1) is 11.6 Å². The van der Waals surface area contributed by atoms with Crippen LogP contribution in [0.25, 0.3) is 0 Å². The summed E-state index contributed by atoms with van der Waals surface area (Å²) < 4.78 is 0. The lowest BCUT2D eigenvalue weighted by Gasteiger charge is -2.26. The maximum absolute atomic E-state index is 9.31. The summed E-state index contributed by atoms with van der Waals surface area (Å²) in [5, 5.41) is 9.31. The Bertz CT molecular complexity index is 878. The second-order valence-electron chi connectivity index (χ2n) is 7.49. The van der Waals surface area contributed by atoms with Crippen molar-refractivity contribution in [2.24, 2.45) is 0 Å². The van der Waals surface area contributed by atoms with Gasteiger partial charge in [-0.15, -0.1) is 0 Å². The Hall–Kier alpha value is -3.05. The first kappa shape index (κ1) is 18.7. The van der Waals surface area contributed by atoms with Crippen LogP contribution in [0.5, 0.6) is 0 Å². The number of anilines is 3. The third kappa shape index (κ3) is 4.20. The molecule has 0 spiro atoms. The van der Waals surface area contributed by atoms with E-state index in [1.165, 1.54) is 11.1 Å². The molecule has 0 saturated heterocycles. The zero-order valence-corrected chi connectivity index (χ0v) is 16.5. The third-order valence-electron chi connectivity index (χ3n) is 4.87. The fourth-order valence-corrected chi connectivity index (χ4v) is 3.18. The molecule has 27 heavy (non-hydrogen) atoms. The first-order chi connectivity index (χ1) is 13.0. The highest BCUT2D eigenvalue weighted by Crippen LogP contribution is 2.36. The number of nitriles is 1. The van der Waals surface area contributed by atoms with Gasteiger partial charge in [0.2, 0.25) is 0 Å². The molecule has 0 aliphatic carbocycles. The maximum atomic E-state index is 9.31. The average Bonchev–Trinajstić information content (AvgIpc) is 2.69. The Morgan fingerprint density at radius 2 is 1.15 bits per heavy atom. The van der Waals surface area contributed by atoms with Crippen LogP contribution in [0, 0.1) is 11.3 Å². The van der Waals surface area contributed by atoms with E-state index in [9.17, 15) is 5.26 Å². The standard InChI is InChI=1S/C25H26N2/c1-18(2)21-8-12-23(13-9-21)27(25-7-5-6-20(16-25)17-26)24-14-10-22(11-15-24)19(3)4/h5-16,18-19H,1-4H3. The van der Waals surface area contributed by atoms with Crippen molar-refractivity contribution in [1.82, 2.24) is 0 Å². The normalized spacial score (nSPS) is 10.9. The van der Waals surface area contributed by atoms with Crippen LogP contribution in [-0.4, -0.2) is 0 Å². The summed E-state index contributed by atoms with van der Waals surface area (Å²) in [4.78, 5) is 2.20. The molecule has 0 aliphatic rings. The number of benzene rings is 3. The highest BCUT2D eigenvalue weighted by atomic mass is 15.1. The van der Waals surface area contributed by atoms with Gasteiger partial charge in [-0.2, -0.15) is 5.26 Å². The highest BCUT2D eigenvalue weighted by molar-refractivity contribution is 5.77. The van der Waals surface area contributed by atoms with Gasteiger partial charge < -0.3 is 4.90 Å². The lowest BCUT2D eigenvalue weighted by Crippen LogP contribution is -2.10. The number of nitrogens with zero attached hydrogens (tertiary/aromatic N) is 2. The van der Waals surface area contributed by atoms with Crippen LogP contribution in [0.3, 0.4) is 0 Å². The first-order valence-electron chi connectivity index (χ1n) is 9.50. The highest BCUT2D eigenvalue weighted by Gasteiger charge is 2.14. The van der Waals surface area contributed by atoms with Gasteiger partial charge in [-0.3, -0.25) is 0 Å². The molecule has 0 bridgehead atoms. The third-order valence-corrected chi connectivity index (χ3v) is 4.87. The summed E-state index contributed by atoms with van der Waals surface area (Å²) >= 11 is 0. The van der Waals surface area contributed by atoms with Crippen LogP contribution in [0.2, 0.25) is 0 Å². The minimum absolute atomic E-state index is 0.500. The van der Waals surface area contributed by atoms with E-state index in [2.05, 4.69) is 87.2 Å². The van der Waals surface area contributed by atoms with Crippen molar-refractivity contribution in [2.75, 3.05) is 4.90 Å². The van der Waals surface area contributed by atoms with Gasteiger partial charge in [0.1, 0.15) is 0 Å². The van der Waals surface area contributed by atoms with E-state index < -0.39 is 0 Å². The fraction of sp³-hybridized carbons (Fsp3) is 0.240. The second-order valence-corrected chi connectivity index (χ2v) is 7.49. The van der Waals surface area contributed by atoms with Gasteiger partial charge in [-0.1, -0.05) is 58.0 Å². The summed E-state index contributed by atoms with van der Waals surface area (Å²) in [6.45, 7) is 8.81. The Labute approximate surface area is 162 Å². The van der Waals surface area contributed by atoms with Crippen LogP contribution in [0.1, 0.15) is 56.2 Å². The Morgan fingerprint density at radius 1 is 0.667 bits per heavy atom. The van der Waals surface area contributed by atoms with Crippen LogP contribution in [0.15, 0.2) is 72.8 Å². The number of rotatable bonds is 5. The molecule has 136 valence electrons. The quantitative estimate of drug-likeness (QED) is 0.481. The largest absolute Gasteiger partial charge is 0.310 e. The molecule has 0 atom stereocenters. The predicted octanol–water partition coefficient (Wildman–Crippen LogP) is 7.27. The lowest BCUT2D eigenvalue weighted by atomic mass is 10.0. The summed E-state index contributed by atoms with van der Waals surface area (Å²) in [5.41, 5.74) is 6.47. The van der Waals surface area contributed by atoms with Crippen LogP contribution >= 0.6 is 0 Å². The van der Waals surface area contributed by atoms with Crippen molar-refractivity contribution in [3.05, 3.63) is 89.5 Å². The van der Waals surface area contributed by atoms with E-state index in [0.29, 0.717) is 17.4 Å². The van der Waals surface area contributed by atoms with E-state index in [-0.39, 0.29) is 0 Å². The van der Waals surface area contributed by atoms with Crippen molar-refractivity contribution in [3.8, 4) is 6.07 Å². The number of hydrogen-bond acceptors (Lipinski definition) is 2. The van der Waals surface area contributed by atoms with Crippen LogP contribution in [0.4, 0.5) is 17.1 Å². The zero-order chi connectivity index (χ0) is 19.4. The molecule has 0 saturated carbocycles. The summed E-state index contributed by atoms with van der Waals surface area (Å²) in [7, 11) is 0. The molecule has 0 heterocycles. The maximum Gasteiger partial charge on any atom is 0.0992 e. The average molecular weight is 354 g/mol. The molecule has 3 aromatic rings. The van der Waals surface area contributed by atoms with Crippen molar-refractivity contribution in [3.63, 3.8) is 0 Å². The minimum Gasteiger partial charge on any atom is -0.310 e. The predicted molar refractivity (Wildman–Crippen MR) is 114 cm³/mol. The van der Waals surface area contributed by atoms with Gasteiger partial charge in [0, 0.05) is 17.1 Å². The zero-order valence-electron chi connectivity index (χ0n) is 16.5. The van der Waals surface area contributed by atoms with E-state index in [4.69, 9.17) is 0 Å². The van der Waals surface area contributed by atoms with Gasteiger partial charge in [0.15, 0.2) is 0 Å². The van der Waals surface area contributed by atoms with E-state index in [1.54, 1.807) is 0 Å². The topological polar surface area (TPSA) is 27.0 Å². The van der Waals surface area contributed by atoms with Gasteiger partial charge in [0.25, 0.3) is 0 Å². The van der Waals surface area contributed by atoms with Crippen LogP contribution in [-0.2, 0) is 0 Å². The Morgan fingerprint density at radius 3 is 1.56 bits per heavy atom. The first-order valence-corrected chi connectivity index (χ1v) is 9.50. The van der Waals surface area contributed by atoms with E-state index in [1.807, 2.05) is 24.3 Å². The monoisotopic (exact) mass is 354 g/mol. The van der Waals surface area contributed by atoms with Gasteiger partial charge >= 0.3 is 0 Å². The van der Waals surface area contributed by atoms with Crippen molar-refractivity contribution >= 4 is 17.1 Å². The molecule has 0 unspecified atom stereocenters. The molecule has 2 nitrogen and oxygen atoms in total. The SMILES string of the molecule is CC(C)c1ccc(N(c2ccc(C(C)C)cc2)c2cccc(C#N)c2)cc1. The molecule has 0 N–H and O–H groups in total.